The summed E-state index contributed by atoms with van der Waals surface area (Å²) in [6, 6.07) is 1.65. The maximum absolute atomic E-state index is 12.0. The highest BCUT2D eigenvalue weighted by atomic mass is 16.7. The van der Waals surface area contributed by atoms with Crippen molar-refractivity contribution in [1.29, 1.82) is 0 Å². The van der Waals surface area contributed by atoms with Gasteiger partial charge in [-0.3, -0.25) is 4.79 Å². The summed E-state index contributed by atoms with van der Waals surface area (Å²) in [5.41, 5.74) is 0.593. The summed E-state index contributed by atoms with van der Waals surface area (Å²) < 4.78 is 0. The molecule has 1 atom stereocenters. The van der Waals surface area contributed by atoms with Crippen molar-refractivity contribution in [3.63, 3.8) is 0 Å². The molecule has 0 unspecified atom stereocenters. The monoisotopic (exact) mass is 296 g/mol. The number of carbonyl (C=O) groups excluding carboxylic acids is 2. The third-order valence-corrected chi connectivity index (χ3v) is 2.70. The van der Waals surface area contributed by atoms with Crippen molar-refractivity contribution in [2.45, 2.75) is 26.3 Å². The van der Waals surface area contributed by atoms with E-state index in [1.165, 1.54) is 6.20 Å². The molecule has 2 N–H and O–H groups in total. The van der Waals surface area contributed by atoms with Gasteiger partial charge in [0.05, 0.1) is 6.61 Å². The van der Waals surface area contributed by atoms with Crippen molar-refractivity contribution < 1.29 is 29.4 Å². The topological polar surface area (TPSA) is 117 Å². The largest absolute Gasteiger partial charge is 0.480 e. The van der Waals surface area contributed by atoms with Crippen LogP contribution in [0.4, 0.5) is 0 Å². The molecule has 114 valence electrons. The van der Waals surface area contributed by atoms with Gasteiger partial charge in [-0.25, -0.2) is 14.6 Å². The zero-order chi connectivity index (χ0) is 16.0. The third-order valence-electron chi connectivity index (χ3n) is 2.70. The Hall–Kier alpha value is -2.48. The molecule has 1 rings (SSSR count). The Labute approximate surface area is 120 Å². The van der Waals surface area contributed by atoms with Gasteiger partial charge in [0.15, 0.2) is 11.7 Å². The number of hydrogen-bond donors (Lipinski definition) is 2. The number of carboxylic acids is 1. The summed E-state index contributed by atoms with van der Waals surface area (Å²) in [5.74, 6) is -3.27. The molecular weight excluding hydrogens is 280 g/mol. The lowest BCUT2D eigenvalue weighted by Crippen LogP contribution is -2.47. The first-order valence-electron chi connectivity index (χ1n) is 6.22. The van der Waals surface area contributed by atoms with E-state index in [-0.39, 0.29) is 5.69 Å². The molecule has 0 aliphatic rings. The molecule has 0 saturated heterocycles. The molecule has 0 radical (unpaired) electrons. The Morgan fingerprint density at radius 3 is 2.57 bits per heavy atom. The number of carbonyl (C=O) groups is 3. The number of hydroxylamine groups is 2. The summed E-state index contributed by atoms with van der Waals surface area (Å²) in [5, 5.41) is 18.3. The zero-order valence-electron chi connectivity index (χ0n) is 11.6. The van der Waals surface area contributed by atoms with E-state index in [0.29, 0.717) is 17.0 Å². The maximum atomic E-state index is 12.0. The fourth-order valence-corrected chi connectivity index (χ4v) is 1.64. The van der Waals surface area contributed by atoms with Gasteiger partial charge in [0, 0.05) is 13.1 Å². The van der Waals surface area contributed by atoms with Crippen LogP contribution in [0.15, 0.2) is 18.3 Å². The minimum atomic E-state index is -1.67. The molecular formula is C13H16N2O6. The lowest BCUT2D eigenvalue weighted by Gasteiger charge is -2.24. The highest BCUT2D eigenvalue weighted by Gasteiger charge is 2.32. The van der Waals surface area contributed by atoms with Gasteiger partial charge in [-0.15, -0.1) is 0 Å². The predicted octanol–water partition coefficient (Wildman–Crippen LogP) is 0.00980. The number of amides is 1. The highest BCUT2D eigenvalue weighted by Crippen LogP contribution is 2.11. The van der Waals surface area contributed by atoms with Crippen molar-refractivity contribution in [1.82, 2.24) is 10.0 Å². The predicted molar refractivity (Wildman–Crippen MR) is 70.1 cm³/mol. The quantitative estimate of drug-likeness (QED) is 0.735. The fraction of sp³-hybridized carbons (Fsp3) is 0.385. The molecule has 8 nitrogen and oxygen atoms in total. The first kappa shape index (κ1) is 16.6. The van der Waals surface area contributed by atoms with Crippen molar-refractivity contribution in [3.8, 4) is 0 Å². The fourth-order valence-electron chi connectivity index (χ4n) is 1.64. The zero-order valence-corrected chi connectivity index (χ0v) is 11.6. The lowest BCUT2D eigenvalue weighted by molar-refractivity contribution is -0.188. The van der Waals surface area contributed by atoms with Gasteiger partial charge in [0.1, 0.15) is 0 Å². The molecule has 0 bridgehead atoms. The minimum Gasteiger partial charge on any atom is -0.480 e. The van der Waals surface area contributed by atoms with E-state index >= 15 is 0 Å². The molecule has 0 aliphatic carbocycles. The summed E-state index contributed by atoms with van der Waals surface area (Å²) in [6.07, 6.45) is 1.90. The normalized spacial score (nSPS) is 11.6. The van der Waals surface area contributed by atoms with Gasteiger partial charge in [0.25, 0.3) is 5.91 Å². The van der Waals surface area contributed by atoms with E-state index in [1.54, 1.807) is 12.1 Å². The van der Waals surface area contributed by atoms with Crippen LogP contribution in [0.2, 0.25) is 0 Å². The number of pyridine rings is 1. The number of aliphatic hydroxyl groups excluding tert-OH is 1. The van der Waals surface area contributed by atoms with Gasteiger partial charge in [0.2, 0.25) is 0 Å². The second kappa shape index (κ2) is 7.34. The third kappa shape index (κ3) is 3.99. The van der Waals surface area contributed by atoms with Gasteiger partial charge < -0.3 is 15.1 Å². The molecule has 0 saturated carbocycles. The van der Waals surface area contributed by atoms with Crippen molar-refractivity contribution >= 4 is 17.8 Å². The molecule has 1 amide bonds. The van der Waals surface area contributed by atoms with Gasteiger partial charge >= 0.3 is 11.9 Å². The van der Waals surface area contributed by atoms with Crippen LogP contribution in [0, 0.1) is 0 Å². The molecule has 1 heterocycles. The summed E-state index contributed by atoms with van der Waals surface area (Å²) in [7, 11) is 0. The Morgan fingerprint density at radius 1 is 1.43 bits per heavy atom. The van der Waals surface area contributed by atoms with Crippen molar-refractivity contribution in [3.05, 3.63) is 29.6 Å². The maximum Gasteiger partial charge on any atom is 0.381 e. The smallest absolute Gasteiger partial charge is 0.381 e. The summed E-state index contributed by atoms with van der Waals surface area (Å²) in [6.45, 7) is 1.95. The summed E-state index contributed by atoms with van der Waals surface area (Å²) >= 11 is 0. The Morgan fingerprint density at radius 2 is 2.10 bits per heavy atom. The molecule has 1 aromatic heterocycles. The second-order valence-corrected chi connectivity index (χ2v) is 4.12. The number of rotatable bonds is 5. The van der Waals surface area contributed by atoms with Crippen LogP contribution >= 0.6 is 0 Å². The van der Waals surface area contributed by atoms with Gasteiger partial charge in [-0.05, 0) is 18.1 Å². The van der Waals surface area contributed by atoms with E-state index < -0.39 is 30.5 Å². The summed E-state index contributed by atoms with van der Waals surface area (Å²) in [4.78, 5) is 43.1. The first-order chi connectivity index (χ1) is 9.92. The number of nitrogens with zero attached hydrogens (tertiary/aromatic N) is 2. The van der Waals surface area contributed by atoms with E-state index in [4.69, 9.17) is 15.1 Å². The molecule has 0 fully saturated rings. The van der Waals surface area contributed by atoms with Crippen molar-refractivity contribution in [2.75, 3.05) is 6.61 Å². The van der Waals surface area contributed by atoms with E-state index in [9.17, 15) is 14.4 Å². The Bertz CT molecular complexity index is 545. The first-order valence-corrected chi connectivity index (χ1v) is 6.22. The van der Waals surface area contributed by atoms with Crippen LogP contribution in [-0.2, 0) is 20.8 Å². The van der Waals surface area contributed by atoms with Crippen LogP contribution < -0.4 is 0 Å². The molecule has 1 aromatic rings. The van der Waals surface area contributed by atoms with Gasteiger partial charge in [-0.2, -0.15) is 5.06 Å². The molecule has 8 heteroatoms. The van der Waals surface area contributed by atoms with Crippen LogP contribution in [0.3, 0.4) is 0 Å². The number of aliphatic carboxylic acids is 1. The van der Waals surface area contributed by atoms with Crippen LogP contribution in [0.5, 0.6) is 0 Å². The second-order valence-electron chi connectivity index (χ2n) is 4.12. The highest BCUT2D eigenvalue weighted by molar-refractivity contribution is 5.90. The number of aromatic nitrogens is 1. The average molecular weight is 296 g/mol. The molecule has 0 spiro atoms. The lowest BCUT2D eigenvalue weighted by atomic mass is 10.1. The Balaban J connectivity index is 3.01. The van der Waals surface area contributed by atoms with Crippen LogP contribution in [-0.4, -0.2) is 50.8 Å². The number of aliphatic hydroxyl groups is 1. The number of aryl methyl sites for hydroxylation is 1. The molecule has 21 heavy (non-hydrogen) atoms. The minimum absolute atomic E-state index is 0.00618. The van der Waals surface area contributed by atoms with Crippen molar-refractivity contribution in [2.24, 2.45) is 0 Å². The molecule has 0 aromatic carbocycles. The van der Waals surface area contributed by atoms with Crippen LogP contribution in [0.1, 0.15) is 29.9 Å². The number of hydrogen-bond acceptors (Lipinski definition) is 6. The van der Waals surface area contributed by atoms with Gasteiger partial charge in [-0.1, -0.05) is 13.0 Å². The Kier molecular flexibility index (Phi) is 5.79. The number of carboxylic acid groups (broad SMARTS) is 1. The van der Waals surface area contributed by atoms with E-state index in [0.717, 1.165) is 6.92 Å². The standard InChI is InChI=1S/C13H16N2O6/c1-3-9-5-4-6-14-11(9)13(20)21-15(8(2)17)10(7-16)12(18)19/h4-6,10,16H,3,7H2,1-2H3,(H,18,19)/t10-/m0/s1. The van der Waals surface area contributed by atoms with E-state index in [1.807, 2.05) is 6.92 Å². The SMILES string of the molecule is CCc1cccnc1C(=O)ON(C(C)=O)[C@@H](CO)C(=O)O. The van der Waals surface area contributed by atoms with E-state index in [2.05, 4.69) is 4.98 Å². The van der Waals surface area contributed by atoms with Crippen LogP contribution in [0.25, 0.3) is 0 Å². The average Bonchev–Trinajstić information content (AvgIpc) is 2.46. The molecule has 0 aliphatic heterocycles.